The van der Waals surface area contributed by atoms with Gasteiger partial charge in [0.1, 0.15) is 12.6 Å². The maximum atomic E-state index is 12.8. The van der Waals surface area contributed by atoms with Gasteiger partial charge in [-0.05, 0) is 27.7 Å². The fourth-order valence-electron chi connectivity index (χ4n) is 2.59. The minimum absolute atomic E-state index is 0.0385. The van der Waals surface area contributed by atoms with Gasteiger partial charge in [0.05, 0.1) is 39.6 Å². The molecule has 0 rings (SSSR count). The summed E-state index contributed by atoms with van der Waals surface area (Å²) in [6, 6.07) is 0. The number of nitrogens with zero attached hydrogens (tertiary/aromatic N) is 2. The highest BCUT2D eigenvalue weighted by Crippen LogP contribution is 2.49. The first kappa shape index (κ1) is 28.1. The maximum absolute atomic E-state index is 12.8. The molecule has 0 atom stereocenters. The standard InChI is InChI=1S/C16H38N2O8P2/c1-5-23-27(21,24-6-2)15-17(11-13-19)9-10-18(12-14-20)16-28(22,25-7-3)26-8-4/h19-20H,5-16H2,1-4H3. The van der Waals surface area contributed by atoms with Crippen molar-refractivity contribution in [2.24, 2.45) is 0 Å². The van der Waals surface area contributed by atoms with Gasteiger partial charge in [0, 0.05) is 26.2 Å². The van der Waals surface area contributed by atoms with E-state index in [2.05, 4.69) is 0 Å². The number of hydrogen-bond donors (Lipinski definition) is 2. The van der Waals surface area contributed by atoms with E-state index in [9.17, 15) is 19.3 Å². The maximum Gasteiger partial charge on any atom is 0.344 e. The van der Waals surface area contributed by atoms with Crippen LogP contribution >= 0.6 is 15.2 Å². The number of aliphatic hydroxyl groups is 2. The Hall–Kier alpha value is 0.140. The lowest BCUT2D eigenvalue weighted by Gasteiger charge is -2.30. The smallest absolute Gasteiger partial charge is 0.344 e. The molecule has 0 fully saturated rings. The number of rotatable bonds is 19. The van der Waals surface area contributed by atoms with Crippen LogP contribution in [-0.2, 0) is 27.2 Å². The Morgan fingerprint density at radius 3 is 1.11 bits per heavy atom. The third kappa shape index (κ3) is 12.0. The van der Waals surface area contributed by atoms with E-state index in [0.29, 0.717) is 13.1 Å². The van der Waals surface area contributed by atoms with Crippen LogP contribution in [0, 0.1) is 0 Å². The van der Waals surface area contributed by atoms with Crippen molar-refractivity contribution in [3.8, 4) is 0 Å². The molecule has 0 aromatic heterocycles. The van der Waals surface area contributed by atoms with Crippen molar-refractivity contribution >= 4 is 15.2 Å². The summed E-state index contributed by atoms with van der Waals surface area (Å²) in [6.45, 7) is 9.13. The van der Waals surface area contributed by atoms with Gasteiger partial charge in [-0.1, -0.05) is 0 Å². The predicted octanol–water partition coefficient (Wildman–Crippen LogP) is 2.02. The molecule has 0 bridgehead atoms. The SMILES string of the molecule is CCOP(=O)(CN(CCO)CCN(CCO)CP(=O)(OCC)OCC)OCC. The molecule has 0 aromatic carbocycles. The van der Waals surface area contributed by atoms with Crippen LogP contribution in [-0.4, -0.2) is 98.4 Å². The first-order valence-corrected chi connectivity index (χ1v) is 13.2. The van der Waals surface area contributed by atoms with Gasteiger partial charge in [-0.15, -0.1) is 0 Å². The van der Waals surface area contributed by atoms with Crippen molar-refractivity contribution in [1.29, 1.82) is 0 Å². The molecule has 170 valence electrons. The van der Waals surface area contributed by atoms with E-state index < -0.39 is 15.2 Å². The largest absolute Gasteiger partial charge is 0.395 e. The molecular formula is C16H38N2O8P2. The van der Waals surface area contributed by atoms with Crippen LogP contribution in [0.25, 0.3) is 0 Å². The summed E-state index contributed by atoms with van der Waals surface area (Å²) in [4.78, 5) is 3.53. The molecule has 0 aliphatic heterocycles. The van der Waals surface area contributed by atoms with E-state index in [1.807, 2.05) is 0 Å². The van der Waals surface area contributed by atoms with E-state index in [4.69, 9.17) is 18.1 Å². The Bertz CT molecular complexity index is 422. The van der Waals surface area contributed by atoms with Crippen LogP contribution < -0.4 is 0 Å². The van der Waals surface area contributed by atoms with Gasteiger partial charge in [-0.25, -0.2) is 0 Å². The zero-order chi connectivity index (χ0) is 21.5. The van der Waals surface area contributed by atoms with Gasteiger partial charge in [0.25, 0.3) is 0 Å². The summed E-state index contributed by atoms with van der Waals surface area (Å²) in [5.74, 6) is 0. The van der Waals surface area contributed by atoms with Gasteiger partial charge in [-0.2, -0.15) is 0 Å². The molecule has 28 heavy (non-hydrogen) atoms. The van der Waals surface area contributed by atoms with Crippen LogP contribution in [0.5, 0.6) is 0 Å². The van der Waals surface area contributed by atoms with Crippen LogP contribution in [0.15, 0.2) is 0 Å². The molecule has 12 heteroatoms. The zero-order valence-corrected chi connectivity index (χ0v) is 19.4. The fourth-order valence-corrected chi connectivity index (χ4v) is 6.18. The lowest BCUT2D eigenvalue weighted by Crippen LogP contribution is -2.39. The highest BCUT2D eigenvalue weighted by Gasteiger charge is 2.29. The van der Waals surface area contributed by atoms with E-state index >= 15 is 0 Å². The minimum atomic E-state index is -3.30. The molecule has 0 aromatic rings. The highest BCUT2D eigenvalue weighted by atomic mass is 31.2. The first-order chi connectivity index (χ1) is 13.3. The van der Waals surface area contributed by atoms with Crippen LogP contribution in [0.3, 0.4) is 0 Å². The monoisotopic (exact) mass is 448 g/mol. The van der Waals surface area contributed by atoms with Crippen molar-refractivity contribution in [3.63, 3.8) is 0 Å². The Balaban J connectivity index is 5.05. The van der Waals surface area contributed by atoms with E-state index in [-0.39, 0.29) is 65.3 Å². The number of aliphatic hydroxyl groups excluding tert-OH is 2. The van der Waals surface area contributed by atoms with Crippen molar-refractivity contribution in [2.75, 3.05) is 78.4 Å². The molecular weight excluding hydrogens is 410 g/mol. The van der Waals surface area contributed by atoms with Crippen molar-refractivity contribution in [3.05, 3.63) is 0 Å². The van der Waals surface area contributed by atoms with Gasteiger partial charge in [-0.3, -0.25) is 18.9 Å². The van der Waals surface area contributed by atoms with Crippen LogP contribution in [0.2, 0.25) is 0 Å². The third-order valence-electron chi connectivity index (χ3n) is 3.61. The molecule has 0 spiro atoms. The molecule has 0 saturated heterocycles. The normalized spacial score (nSPS) is 13.0. The Morgan fingerprint density at radius 1 is 0.607 bits per heavy atom. The second-order valence-corrected chi connectivity index (χ2v) is 9.90. The second kappa shape index (κ2) is 15.9. The predicted molar refractivity (Wildman–Crippen MR) is 109 cm³/mol. The fraction of sp³-hybridized carbons (Fsp3) is 1.00. The van der Waals surface area contributed by atoms with Crippen molar-refractivity contribution in [2.45, 2.75) is 27.7 Å². The molecule has 2 N–H and O–H groups in total. The minimum Gasteiger partial charge on any atom is -0.395 e. The average Bonchev–Trinajstić information content (AvgIpc) is 2.60. The molecule has 0 aliphatic rings. The highest BCUT2D eigenvalue weighted by molar-refractivity contribution is 7.54. The molecule has 0 radical (unpaired) electrons. The van der Waals surface area contributed by atoms with E-state index in [1.54, 1.807) is 37.5 Å². The molecule has 0 saturated carbocycles. The zero-order valence-electron chi connectivity index (χ0n) is 17.6. The third-order valence-corrected chi connectivity index (χ3v) is 7.71. The summed E-state index contributed by atoms with van der Waals surface area (Å²) in [6.07, 6.45) is 0.0770. The molecule has 0 amide bonds. The quantitative estimate of drug-likeness (QED) is 0.284. The van der Waals surface area contributed by atoms with E-state index in [1.165, 1.54) is 0 Å². The van der Waals surface area contributed by atoms with Gasteiger partial charge in [0.2, 0.25) is 0 Å². The van der Waals surface area contributed by atoms with Crippen LogP contribution in [0.4, 0.5) is 0 Å². The van der Waals surface area contributed by atoms with Crippen molar-refractivity contribution in [1.82, 2.24) is 9.80 Å². The van der Waals surface area contributed by atoms with Gasteiger partial charge >= 0.3 is 15.2 Å². The summed E-state index contributed by atoms with van der Waals surface area (Å²) in [5.41, 5.74) is 0. The number of hydrogen-bond acceptors (Lipinski definition) is 10. The van der Waals surface area contributed by atoms with Gasteiger partial charge in [0.15, 0.2) is 0 Å². The van der Waals surface area contributed by atoms with Crippen LogP contribution in [0.1, 0.15) is 27.7 Å². The summed E-state index contributed by atoms with van der Waals surface area (Å²) in [5, 5.41) is 18.7. The lowest BCUT2D eigenvalue weighted by atomic mass is 10.4. The molecule has 10 nitrogen and oxygen atoms in total. The summed E-state index contributed by atoms with van der Waals surface area (Å²) in [7, 11) is -6.60. The Kier molecular flexibility index (Phi) is 16.0. The summed E-state index contributed by atoms with van der Waals surface area (Å²) >= 11 is 0. The van der Waals surface area contributed by atoms with E-state index in [0.717, 1.165) is 0 Å². The lowest BCUT2D eigenvalue weighted by molar-refractivity contribution is 0.145. The topological polar surface area (TPSA) is 118 Å². The first-order valence-electron chi connectivity index (χ1n) is 9.74. The molecule has 0 unspecified atom stereocenters. The Morgan fingerprint density at radius 2 is 0.893 bits per heavy atom. The Labute approximate surface area is 169 Å². The van der Waals surface area contributed by atoms with Crippen molar-refractivity contribution < 1.29 is 37.4 Å². The van der Waals surface area contributed by atoms with Gasteiger partial charge < -0.3 is 28.3 Å². The molecule has 0 aliphatic carbocycles. The average molecular weight is 448 g/mol. The summed E-state index contributed by atoms with van der Waals surface area (Å²) < 4.78 is 46.8. The molecule has 0 heterocycles. The second-order valence-electron chi connectivity index (χ2n) is 5.86.